The fourth-order valence-electron chi connectivity index (χ4n) is 3.42. The highest BCUT2D eigenvalue weighted by Gasteiger charge is 2.21. The average Bonchev–Trinajstić information content (AvgIpc) is 2.90. The molecule has 25 heavy (non-hydrogen) atoms. The summed E-state index contributed by atoms with van der Waals surface area (Å²) in [6.07, 6.45) is 3.11. The maximum atomic E-state index is 13.0. The molecule has 1 amide bonds. The number of amides is 1. The highest BCUT2D eigenvalue weighted by Crippen LogP contribution is 2.22. The number of aromatic amines is 1. The summed E-state index contributed by atoms with van der Waals surface area (Å²) < 4.78 is 13.0. The van der Waals surface area contributed by atoms with E-state index in [9.17, 15) is 9.18 Å². The molecule has 2 N–H and O–H groups in total. The van der Waals surface area contributed by atoms with Crippen LogP contribution in [0.4, 0.5) is 10.1 Å². The van der Waals surface area contributed by atoms with Gasteiger partial charge in [0.15, 0.2) is 0 Å². The normalized spacial score (nSPS) is 16.1. The van der Waals surface area contributed by atoms with Gasteiger partial charge in [0.25, 0.3) is 0 Å². The van der Waals surface area contributed by atoms with Crippen LogP contribution in [0.3, 0.4) is 0 Å². The Hall–Kier alpha value is -2.21. The Balaban J connectivity index is 1.44. The Bertz CT molecular complexity index is 698. The molecular weight excluding hydrogens is 319 g/mol. The number of carbonyl (C=O) groups excluding carboxylic acids is 1. The SMILES string of the molecule is Cc1n[nH]c(C)c1NC(=O)CN1CCC(Cc2ccc(F)cc2)CC1. The van der Waals surface area contributed by atoms with Gasteiger partial charge in [-0.3, -0.25) is 14.8 Å². The maximum absolute atomic E-state index is 13.0. The molecule has 1 aromatic carbocycles. The number of likely N-dealkylation sites (tertiary alicyclic amines) is 1. The van der Waals surface area contributed by atoms with E-state index in [2.05, 4.69) is 20.4 Å². The van der Waals surface area contributed by atoms with E-state index < -0.39 is 0 Å². The van der Waals surface area contributed by atoms with Gasteiger partial charge in [-0.15, -0.1) is 0 Å². The van der Waals surface area contributed by atoms with Crippen molar-refractivity contribution in [3.63, 3.8) is 0 Å². The number of H-pyrrole nitrogens is 1. The second-order valence-corrected chi connectivity index (χ2v) is 6.91. The molecule has 1 aliphatic heterocycles. The number of benzene rings is 1. The van der Waals surface area contributed by atoms with Crippen LogP contribution in [0, 0.1) is 25.6 Å². The first-order valence-electron chi connectivity index (χ1n) is 8.79. The van der Waals surface area contributed by atoms with Gasteiger partial charge in [0.2, 0.25) is 5.91 Å². The smallest absolute Gasteiger partial charge is 0.238 e. The fraction of sp³-hybridized carbons (Fsp3) is 0.474. The van der Waals surface area contributed by atoms with E-state index in [4.69, 9.17) is 0 Å². The molecule has 3 rings (SSSR count). The van der Waals surface area contributed by atoms with Gasteiger partial charge < -0.3 is 5.32 Å². The number of nitrogens with zero attached hydrogens (tertiary/aromatic N) is 2. The minimum absolute atomic E-state index is 0.00424. The van der Waals surface area contributed by atoms with Crippen LogP contribution in [0.5, 0.6) is 0 Å². The lowest BCUT2D eigenvalue weighted by Crippen LogP contribution is -2.39. The van der Waals surface area contributed by atoms with Crippen LogP contribution < -0.4 is 5.32 Å². The first-order valence-corrected chi connectivity index (χ1v) is 8.79. The number of anilines is 1. The maximum Gasteiger partial charge on any atom is 0.238 e. The van der Waals surface area contributed by atoms with Crippen LogP contribution in [-0.2, 0) is 11.2 Å². The molecule has 1 saturated heterocycles. The van der Waals surface area contributed by atoms with Gasteiger partial charge in [0.05, 0.1) is 23.6 Å². The molecule has 134 valence electrons. The van der Waals surface area contributed by atoms with Crippen molar-refractivity contribution in [2.24, 2.45) is 5.92 Å². The molecular formula is C19H25FN4O. The standard InChI is InChI=1S/C19H25FN4O/c1-13-19(14(2)23-22-13)21-18(25)12-24-9-7-16(8-10-24)11-15-3-5-17(20)6-4-15/h3-6,16H,7-12H2,1-2H3,(H,21,25)(H,22,23). The van der Waals surface area contributed by atoms with Crippen LogP contribution in [0.15, 0.2) is 24.3 Å². The summed E-state index contributed by atoms with van der Waals surface area (Å²) in [6.45, 7) is 6.02. The van der Waals surface area contributed by atoms with E-state index in [0.29, 0.717) is 12.5 Å². The Kier molecular flexibility index (Phi) is 5.48. The number of carbonyl (C=O) groups is 1. The van der Waals surface area contributed by atoms with E-state index in [1.807, 2.05) is 26.0 Å². The van der Waals surface area contributed by atoms with Gasteiger partial charge in [0.1, 0.15) is 5.82 Å². The Labute approximate surface area is 147 Å². The Morgan fingerprint density at radius 3 is 2.56 bits per heavy atom. The summed E-state index contributed by atoms with van der Waals surface area (Å²) in [6, 6.07) is 6.78. The van der Waals surface area contributed by atoms with Gasteiger partial charge in [-0.1, -0.05) is 12.1 Å². The summed E-state index contributed by atoms with van der Waals surface area (Å²) in [5, 5.41) is 9.92. The van der Waals surface area contributed by atoms with Crippen LogP contribution in [-0.4, -0.2) is 40.6 Å². The molecule has 0 atom stereocenters. The third-order valence-electron chi connectivity index (χ3n) is 4.90. The summed E-state index contributed by atoms with van der Waals surface area (Å²) in [5.74, 6) is 0.417. The number of rotatable bonds is 5. The first kappa shape index (κ1) is 17.6. The zero-order valence-electron chi connectivity index (χ0n) is 14.8. The average molecular weight is 344 g/mol. The number of piperidine rings is 1. The number of nitrogens with one attached hydrogen (secondary N) is 2. The van der Waals surface area contributed by atoms with Crippen molar-refractivity contribution < 1.29 is 9.18 Å². The van der Waals surface area contributed by atoms with Crippen molar-refractivity contribution >= 4 is 11.6 Å². The highest BCUT2D eigenvalue weighted by molar-refractivity contribution is 5.93. The van der Waals surface area contributed by atoms with Gasteiger partial charge in [-0.05, 0) is 69.8 Å². The summed E-state index contributed by atoms with van der Waals surface area (Å²) in [7, 11) is 0. The molecule has 0 bridgehead atoms. The fourth-order valence-corrected chi connectivity index (χ4v) is 3.42. The third-order valence-corrected chi connectivity index (χ3v) is 4.90. The van der Waals surface area contributed by atoms with Crippen molar-refractivity contribution in [2.45, 2.75) is 33.1 Å². The molecule has 1 fully saturated rings. The summed E-state index contributed by atoms with van der Waals surface area (Å²) in [5.41, 5.74) is 3.66. The van der Waals surface area contributed by atoms with E-state index in [1.54, 1.807) is 0 Å². The quantitative estimate of drug-likeness (QED) is 0.876. The van der Waals surface area contributed by atoms with Crippen LogP contribution >= 0.6 is 0 Å². The number of aromatic nitrogens is 2. The van der Waals surface area contributed by atoms with Gasteiger partial charge in [-0.2, -0.15) is 5.10 Å². The summed E-state index contributed by atoms with van der Waals surface area (Å²) in [4.78, 5) is 14.5. The minimum Gasteiger partial charge on any atom is -0.322 e. The van der Waals surface area contributed by atoms with Crippen LogP contribution in [0.1, 0.15) is 29.8 Å². The topological polar surface area (TPSA) is 61.0 Å². The second kappa shape index (κ2) is 7.78. The van der Waals surface area contributed by atoms with Gasteiger partial charge in [0, 0.05) is 0 Å². The van der Waals surface area contributed by atoms with Crippen molar-refractivity contribution in [2.75, 3.05) is 25.0 Å². The lowest BCUT2D eigenvalue weighted by molar-refractivity contribution is -0.117. The van der Waals surface area contributed by atoms with Gasteiger partial charge in [-0.25, -0.2) is 4.39 Å². The largest absolute Gasteiger partial charge is 0.322 e. The second-order valence-electron chi connectivity index (χ2n) is 6.91. The molecule has 2 heterocycles. The summed E-state index contributed by atoms with van der Waals surface area (Å²) >= 11 is 0. The lowest BCUT2D eigenvalue weighted by Gasteiger charge is -2.31. The number of aryl methyl sites for hydroxylation is 2. The van der Waals surface area contributed by atoms with Crippen molar-refractivity contribution in [3.05, 3.63) is 47.0 Å². The van der Waals surface area contributed by atoms with E-state index in [0.717, 1.165) is 49.4 Å². The predicted octanol–water partition coefficient (Wildman–Crippen LogP) is 3.06. The molecule has 0 aliphatic carbocycles. The van der Waals surface area contributed by atoms with E-state index in [-0.39, 0.29) is 11.7 Å². The molecule has 2 aromatic rings. The molecule has 0 saturated carbocycles. The molecule has 5 nitrogen and oxygen atoms in total. The minimum atomic E-state index is -0.187. The van der Waals surface area contributed by atoms with Crippen LogP contribution in [0.2, 0.25) is 0 Å². The van der Waals surface area contributed by atoms with Crippen molar-refractivity contribution in [1.82, 2.24) is 15.1 Å². The lowest BCUT2D eigenvalue weighted by atomic mass is 9.90. The van der Waals surface area contributed by atoms with Gasteiger partial charge >= 0.3 is 0 Å². The third kappa shape index (κ3) is 4.66. The number of hydrogen-bond acceptors (Lipinski definition) is 3. The molecule has 0 spiro atoms. The predicted molar refractivity (Wildman–Crippen MR) is 96.0 cm³/mol. The Morgan fingerprint density at radius 2 is 1.96 bits per heavy atom. The molecule has 1 aromatic heterocycles. The molecule has 6 heteroatoms. The van der Waals surface area contributed by atoms with Crippen molar-refractivity contribution in [1.29, 1.82) is 0 Å². The highest BCUT2D eigenvalue weighted by atomic mass is 19.1. The number of hydrogen-bond donors (Lipinski definition) is 2. The van der Waals surface area contributed by atoms with Crippen LogP contribution in [0.25, 0.3) is 0 Å². The first-order chi connectivity index (χ1) is 12.0. The monoisotopic (exact) mass is 344 g/mol. The van der Waals surface area contributed by atoms with E-state index in [1.165, 1.54) is 17.7 Å². The molecule has 1 aliphatic rings. The molecule has 0 radical (unpaired) electrons. The Morgan fingerprint density at radius 1 is 1.28 bits per heavy atom. The van der Waals surface area contributed by atoms with Crippen molar-refractivity contribution in [3.8, 4) is 0 Å². The zero-order chi connectivity index (χ0) is 17.8. The van der Waals surface area contributed by atoms with E-state index >= 15 is 0 Å². The molecule has 0 unspecified atom stereocenters. The number of halogens is 1. The zero-order valence-corrected chi connectivity index (χ0v) is 14.8.